The first-order valence-electron chi connectivity index (χ1n) is 6.29. The van der Waals surface area contributed by atoms with Crippen LogP contribution in [0.2, 0.25) is 0 Å². The van der Waals surface area contributed by atoms with Gasteiger partial charge in [0.15, 0.2) is 0 Å². The van der Waals surface area contributed by atoms with E-state index in [4.69, 9.17) is 5.11 Å². The number of urea groups is 1. The number of amides is 3. The Morgan fingerprint density at radius 3 is 2.21 bits per heavy atom. The van der Waals surface area contributed by atoms with Crippen molar-refractivity contribution in [3.05, 3.63) is 0 Å². The fourth-order valence-electron chi connectivity index (χ4n) is 1.47. The second-order valence-electron chi connectivity index (χ2n) is 4.59. The molecule has 0 saturated heterocycles. The summed E-state index contributed by atoms with van der Waals surface area (Å²) < 4.78 is 0. The molecule has 0 aromatic heterocycles. The Morgan fingerprint density at radius 2 is 1.84 bits per heavy atom. The van der Waals surface area contributed by atoms with E-state index in [2.05, 4.69) is 10.6 Å². The van der Waals surface area contributed by atoms with Crippen LogP contribution in [0.1, 0.15) is 27.2 Å². The average molecular weight is 273 g/mol. The SMILES string of the molecule is CCN(CC(=O)NC)C(=O)NC(CC(=O)O)C(C)C. The fraction of sp³-hybridized carbons (Fsp3) is 0.750. The van der Waals surface area contributed by atoms with Crippen molar-refractivity contribution in [1.82, 2.24) is 15.5 Å². The van der Waals surface area contributed by atoms with E-state index in [-0.39, 0.29) is 24.8 Å². The van der Waals surface area contributed by atoms with Gasteiger partial charge in [-0.3, -0.25) is 9.59 Å². The first kappa shape index (κ1) is 17.2. The molecule has 0 bridgehead atoms. The van der Waals surface area contributed by atoms with Crippen molar-refractivity contribution in [2.24, 2.45) is 5.92 Å². The molecule has 0 aliphatic heterocycles. The minimum absolute atomic E-state index is 0.00115. The van der Waals surface area contributed by atoms with Gasteiger partial charge in [0.2, 0.25) is 5.91 Å². The molecule has 1 unspecified atom stereocenters. The topological polar surface area (TPSA) is 98.7 Å². The Balaban J connectivity index is 4.59. The van der Waals surface area contributed by atoms with Gasteiger partial charge in [-0.25, -0.2) is 4.79 Å². The zero-order valence-corrected chi connectivity index (χ0v) is 11.9. The number of aliphatic carboxylic acids is 1. The maximum atomic E-state index is 12.0. The first-order chi connectivity index (χ1) is 8.81. The quantitative estimate of drug-likeness (QED) is 0.619. The summed E-state index contributed by atoms with van der Waals surface area (Å²) in [5, 5.41) is 13.9. The number of carbonyl (C=O) groups excluding carboxylic acids is 2. The number of hydrogen-bond donors (Lipinski definition) is 3. The van der Waals surface area contributed by atoms with E-state index in [9.17, 15) is 14.4 Å². The first-order valence-corrected chi connectivity index (χ1v) is 6.29. The van der Waals surface area contributed by atoms with Crippen LogP contribution in [0.25, 0.3) is 0 Å². The minimum Gasteiger partial charge on any atom is -0.481 e. The molecule has 19 heavy (non-hydrogen) atoms. The summed E-state index contributed by atoms with van der Waals surface area (Å²) in [6.45, 7) is 5.75. The monoisotopic (exact) mass is 273 g/mol. The van der Waals surface area contributed by atoms with Gasteiger partial charge in [-0.1, -0.05) is 13.8 Å². The molecule has 110 valence electrons. The van der Waals surface area contributed by atoms with Crippen LogP contribution in [0.5, 0.6) is 0 Å². The Bertz CT molecular complexity index is 331. The van der Waals surface area contributed by atoms with E-state index >= 15 is 0 Å². The van der Waals surface area contributed by atoms with Gasteiger partial charge in [0, 0.05) is 19.6 Å². The van der Waals surface area contributed by atoms with Crippen LogP contribution in [0.4, 0.5) is 4.79 Å². The highest BCUT2D eigenvalue weighted by Crippen LogP contribution is 2.07. The van der Waals surface area contributed by atoms with Crippen LogP contribution in [0.3, 0.4) is 0 Å². The van der Waals surface area contributed by atoms with Gasteiger partial charge in [-0.2, -0.15) is 0 Å². The van der Waals surface area contributed by atoms with E-state index in [1.54, 1.807) is 6.92 Å². The highest BCUT2D eigenvalue weighted by molar-refractivity contribution is 5.84. The molecular formula is C12H23N3O4. The number of rotatable bonds is 7. The lowest BCUT2D eigenvalue weighted by atomic mass is 10.0. The zero-order valence-electron chi connectivity index (χ0n) is 11.9. The third-order valence-corrected chi connectivity index (χ3v) is 2.79. The molecule has 0 spiro atoms. The van der Waals surface area contributed by atoms with Gasteiger partial charge in [-0.05, 0) is 12.8 Å². The van der Waals surface area contributed by atoms with Crippen molar-refractivity contribution < 1.29 is 19.5 Å². The van der Waals surface area contributed by atoms with Crippen LogP contribution < -0.4 is 10.6 Å². The smallest absolute Gasteiger partial charge is 0.318 e. The van der Waals surface area contributed by atoms with Crippen LogP contribution in [0, 0.1) is 5.92 Å². The number of hydrogen-bond acceptors (Lipinski definition) is 3. The van der Waals surface area contributed by atoms with Gasteiger partial charge >= 0.3 is 12.0 Å². The van der Waals surface area contributed by atoms with Crippen molar-refractivity contribution in [2.45, 2.75) is 33.2 Å². The van der Waals surface area contributed by atoms with Crippen molar-refractivity contribution in [1.29, 1.82) is 0 Å². The summed E-state index contributed by atoms with van der Waals surface area (Å²) in [6, 6.07) is -0.880. The Kier molecular flexibility index (Phi) is 7.55. The summed E-state index contributed by atoms with van der Waals surface area (Å²) in [6.07, 6.45) is -0.138. The van der Waals surface area contributed by atoms with Gasteiger partial charge in [0.05, 0.1) is 6.42 Å². The molecule has 0 rings (SSSR count). The van der Waals surface area contributed by atoms with Crippen molar-refractivity contribution in [3.63, 3.8) is 0 Å². The number of carboxylic acid groups (broad SMARTS) is 1. The van der Waals surface area contributed by atoms with Crippen LogP contribution in [-0.4, -0.2) is 54.1 Å². The highest BCUT2D eigenvalue weighted by atomic mass is 16.4. The van der Waals surface area contributed by atoms with E-state index in [1.165, 1.54) is 11.9 Å². The lowest BCUT2D eigenvalue weighted by Crippen LogP contribution is -2.49. The zero-order chi connectivity index (χ0) is 15.0. The minimum atomic E-state index is -0.964. The number of likely N-dealkylation sites (N-methyl/N-ethyl adjacent to an activating group) is 2. The lowest BCUT2D eigenvalue weighted by molar-refractivity contribution is -0.137. The molecule has 3 amide bonds. The lowest BCUT2D eigenvalue weighted by Gasteiger charge is -2.26. The number of carbonyl (C=O) groups is 3. The number of carboxylic acids is 1. The third-order valence-electron chi connectivity index (χ3n) is 2.79. The van der Waals surface area contributed by atoms with Crippen molar-refractivity contribution in [3.8, 4) is 0 Å². The second-order valence-corrected chi connectivity index (χ2v) is 4.59. The molecular weight excluding hydrogens is 250 g/mol. The molecule has 3 N–H and O–H groups in total. The Morgan fingerprint density at radius 1 is 1.26 bits per heavy atom. The molecule has 0 radical (unpaired) electrons. The molecule has 0 aromatic carbocycles. The standard InChI is InChI=1S/C12H23N3O4/c1-5-15(7-10(16)13-4)12(19)14-9(8(2)3)6-11(17)18/h8-9H,5-7H2,1-4H3,(H,13,16)(H,14,19)(H,17,18). The summed E-state index contributed by atoms with van der Waals surface area (Å²) in [5.41, 5.74) is 0. The van der Waals surface area contributed by atoms with E-state index in [0.29, 0.717) is 6.54 Å². The molecule has 0 aromatic rings. The summed E-state index contributed by atoms with van der Waals surface area (Å²) >= 11 is 0. The normalized spacial score (nSPS) is 11.8. The van der Waals surface area contributed by atoms with E-state index < -0.39 is 18.0 Å². The third kappa shape index (κ3) is 6.64. The predicted octanol–water partition coefficient (Wildman–Crippen LogP) is 0.263. The van der Waals surface area contributed by atoms with Crippen LogP contribution in [0.15, 0.2) is 0 Å². The molecule has 0 fully saturated rings. The van der Waals surface area contributed by atoms with E-state index in [1.807, 2.05) is 13.8 Å². The van der Waals surface area contributed by atoms with Gasteiger partial charge in [0.25, 0.3) is 0 Å². The molecule has 0 aliphatic rings. The van der Waals surface area contributed by atoms with Gasteiger partial charge < -0.3 is 20.6 Å². The Hall–Kier alpha value is -1.79. The second kappa shape index (κ2) is 8.34. The summed E-state index contributed by atoms with van der Waals surface area (Å²) in [4.78, 5) is 35.3. The maximum Gasteiger partial charge on any atom is 0.318 e. The summed E-state index contributed by atoms with van der Waals surface area (Å²) in [5.74, 6) is -1.23. The predicted molar refractivity (Wildman–Crippen MR) is 70.7 cm³/mol. The fourth-order valence-corrected chi connectivity index (χ4v) is 1.47. The summed E-state index contributed by atoms with van der Waals surface area (Å²) in [7, 11) is 1.50. The highest BCUT2D eigenvalue weighted by Gasteiger charge is 2.22. The molecule has 0 aliphatic carbocycles. The van der Waals surface area contributed by atoms with Gasteiger partial charge in [-0.15, -0.1) is 0 Å². The number of nitrogens with one attached hydrogen (secondary N) is 2. The van der Waals surface area contributed by atoms with Crippen LogP contribution >= 0.6 is 0 Å². The van der Waals surface area contributed by atoms with Crippen molar-refractivity contribution >= 4 is 17.9 Å². The molecule has 0 saturated carbocycles. The maximum absolute atomic E-state index is 12.0. The van der Waals surface area contributed by atoms with Gasteiger partial charge in [0.1, 0.15) is 6.54 Å². The van der Waals surface area contributed by atoms with Crippen molar-refractivity contribution in [2.75, 3.05) is 20.1 Å². The molecule has 0 heterocycles. The van der Waals surface area contributed by atoms with Crippen LogP contribution in [-0.2, 0) is 9.59 Å². The molecule has 7 heteroatoms. The Labute approximate surface area is 113 Å². The molecule has 7 nitrogen and oxygen atoms in total. The largest absolute Gasteiger partial charge is 0.481 e. The van der Waals surface area contributed by atoms with E-state index in [0.717, 1.165) is 0 Å². The molecule has 1 atom stereocenters. The number of nitrogens with zero attached hydrogens (tertiary/aromatic N) is 1. The average Bonchev–Trinajstić information content (AvgIpc) is 2.33.